The summed E-state index contributed by atoms with van der Waals surface area (Å²) in [5, 5.41) is 7.23. The second kappa shape index (κ2) is 8.05. The zero-order chi connectivity index (χ0) is 17.6. The number of halogens is 4. The first-order valence-corrected chi connectivity index (χ1v) is 7.47. The van der Waals surface area contributed by atoms with Crippen LogP contribution in [0.15, 0.2) is 36.7 Å². The molecule has 0 unspecified atom stereocenters. The maximum absolute atomic E-state index is 12.1. The third-order valence-corrected chi connectivity index (χ3v) is 3.15. The molecule has 130 valence electrons. The normalized spacial score (nSPS) is 11.3. The standard InChI is InChI=1S/C15H15ClF3N3O2/c16-12-8-21-22(9-12)6-2-5-20-14(23)11-3-1-4-13(7-11)24-10-15(17,18)19/h1,3-4,7-9H,2,5-6,10H2,(H,20,23). The Kier molecular flexibility index (Phi) is 6.08. The maximum atomic E-state index is 12.1. The van der Waals surface area contributed by atoms with Crippen molar-refractivity contribution >= 4 is 17.5 Å². The Labute approximate surface area is 141 Å². The lowest BCUT2D eigenvalue weighted by molar-refractivity contribution is -0.153. The predicted molar refractivity (Wildman–Crippen MR) is 82.2 cm³/mol. The number of rotatable bonds is 7. The van der Waals surface area contributed by atoms with Crippen LogP contribution in [0.5, 0.6) is 5.75 Å². The molecule has 5 nitrogen and oxygen atoms in total. The van der Waals surface area contributed by atoms with Crippen LogP contribution in [0.1, 0.15) is 16.8 Å². The highest BCUT2D eigenvalue weighted by atomic mass is 35.5. The van der Waals surface area contributed by atoms with E-state index in [1.54, 1.807) is 10.9 Å². The molecule has 24 heavy (non-hydrogen) atoms. The molecular formula is C15H15ClF3N3O2. The summed E-state index contributed by atoms with van der Waals surface area (Å²) in [7, 11) is 0. The van der Waals surface area contributed by atoms with Gasteiger partial charge < -0.3 is 10.1 Å². The van der Waals surface area contributed by atoms with Gasteiger partial charge in [0.05, 0.1) is 11.2 Å². The molecule has 0 saturated carbocycles. The molecule has 1 heterocycles. The summed E-state index contributed by atoms with van der Waals surface area (Å²) >= 11 is 5.74. The molecule has 1 aromatic carbocycles. The number of hydrogen-bond donors (Lipinski definition) is 1. The zero-order valence-corrected chi connectivity index (χ0v) is 13.3. The van der Waals surface area contributed by atoms with E-state index in [2.05, 4.69) is 15.2 Å². The molecule has 0 radical (unpaired) electrons. The first-order valence-electron chi connectivity index (χ1n) is 7.09. The van der Waals surface area contributed by atoms with Crippen molar-refractivity contribution in [3.8, 4) is 5.75 Å². The average molecular weight is 362 g/mol. The summed E-state index contributed by atoms with van der Waals surface area (Å²) in [6.45, 7) is -0.420. The largest absolute Gasteiger partial charge is 0.484 e. The van der Waals surface area contributed by atoms with Crippen LogP contribution < -0.4 is 10.1 Å². The van der Waals surface area contributed by atoms with Crippen LogP contribution in [-0.2, 0) is 6.54 Å². The Morgan fingerprint density at radius 3 is 2.83 bits per heavy atom. The van der Waals surface area contributed by atoms with Crippen LogP contribution in [0.4, 0.5) is 13.2 Å². The molecule has 1 amide bonds. The first-order chi connectivity index (χ1) is 11.3. The molecule has 0 aliphatic carbocycles. The molecule has 2 aromatic rings. The first kappa shape index (κ1) is 18.1. The molecule has 0 aliphatic rings. The van der Waals surface area contributed by atoms with Crippen LogP contribution in [0.3, 0.4) is 0 Å². The molecule has 0 aliphatic heterocycles. The zero-order valence-electron chi connectivity index (χ0n) is 12.5. The van der Waals surface area contributed by atoms with E-state index in [4.69, 9.17) is 11.6 Å². The van der Waals surface area contributed by atoms with Crippen molar-refractivity contribution in [2.75, 3.05) is 13.2 Å². The minimum atomic E-state index is -4.42. The van der Waals surface area contributed by atoms with E-state index < -0.39 is 12.8 Å². The maximum Gasteiger partial charge on any atom is 0.422 e. The Balaban J connectivity index is 1.79. The molecule has 0 atom stereocenters. The van der Waals surface area contributed by atoms with E-state index in [9.17, 15) is 18.0 Å². The SMILES string of the molecule is O=C(NCCCn1cc(Cl)cn1)c1cccc(OCC(F)(F)F)c1. The van der Waals surface area contributed by atoms with Gasteiger partial charge >= 0.3 is 6.18 Å². The Bertz CT molecular complexity index is 689. The lowest BCUT2D eigenvalue weighted by atomic mass is 10.2. The molecule has 1 N–H and O–H groups in total. The fraction of sp³-hybridized carbons (Fsp3) is 0.333. The van der Waals surface area contributed by atoms with E-state index in [0.29, 0.717) is 24.5 Å². The van der Waals surface area contributed by atoms with Crippen LogP contribution >= 0.6 is 11.6 Å². The smallest absolute Gasteiger partial charge is 0.422 e. The predicted octanol–water partition coefficient (Wildman–Crippen LogP) is 3.30. The molecule has 2 rings (SSSR count). The molecule has 0 spiro atoms. The number of alkyl halides is 3. The minimum Gasteiger partial charge on any atom is -0.484 e. The van der Waals surface area contributed by atoms with Gasteiger partial charge in [-0.25, -0.2) is 0 Å². The van der Waals surface area contributed by atoms with Gasteiger partial charge in [-0.2, -0.15) is 18.3 Å². The number of carbonyl (C=O) groups is 1. The van der Waals surface area contributed by atoms with Crippen molar-refractivity contribution in [1.29, 1.82) is 0 Å². The van der Waals surface area contributed by atoms with E-state index in [1.807, 2.05) is 0 Å². The molecular weight excluding hydrogens is 347 g/mol. The van der Waals surface area contributed by atoms with Crippen molar-refractivity contribution in [2.24, 2.45) is 0 Å². The molecule has 9 heteroatoms. The van der Waals surface area contributed by atoms with Crippen molar-refractivity contribution in [3.63, 3.8) is 0 Å². The van der Waals surface area contributed by atoms with Crippen molar-refractivity contribution < 1.29 is 22.7 Å². The fourth-order valence-corrected chi connectivity index (χ4v) is 2.05. The van der Waals surface area contributed by atoms with Gasteiger partial charge in [-0.05, 0) is 24.6 Å². The monoisotopic (exact) mass is 361 g/mol. The molecule has 0 bridgehead atoms. The van der Waals surface area contributed by atoms with Gasteiger partial charge in [0.2, 0.25) is 0 Å². The highest BCUT2D eigenvalue weighted by Gasteiger charge is 2.28. The number of amides is 1. The van der Waals surface area contributed by atoms with Crippen molar-refractivity contribution in [3.05, 3.63) is 47.2 Å². The van der Waals surface area contributed by atoms with E-state index >= 15 is 0 Å². The highest BCUT2D eigenvalue weighted by Crippen LogP contribution is 2.19. The van der Waals surface area contributed by atoms with Gasteiger partial charge in [0.1, 0.15) is 5.75 Å². The third-order valence-electron chi connectivity index (χ3n) is 2.95. The van der Waals surface area contributed by atoms with E-state index in [1.165, 1.54) is 30.5 Å². The topological polar surface area (TPSA) is 56.2 Å². The van der Waals surface area contributed by atoms with Crippen LogP contribution in [0, 0.1) is 0 Å². The van der Waals surface area contributed by atoms with Crippen LogP contribution in [-0.4, -0.2) is 35.0 Å². The summed E-state index contributed by atoms with van der Waals surface area (Å²) in [5.41, 5.74) is 0.233. The number of aryl methyl sites for hydroxylation is 1. The third kappa shape index (κ3) is 6.11. The minimum absolute atomic E-state index is 0.00819. The summed E-state index contributed by atoms with van der Waals surface area (Å²) in [5.74, 6) is -0.392. The fourth-order valence-electron chi connectivity index (χ4n) is 1.90. The van der Waals surface area contributed by atoms with Crippen molar-refractivity contribution in [2.45, 2.75) is 19.1 Å². The van der Waals surface area contributed by atoms with Gasteiger partial charge in [0.15, 0.2) is 6.61 Å². The summed E-state index contributed by atoms with van der Waals surface area (Å²) < 4.78 is 42.7. The second-order valence-corrected chi connectivity index (χ2v) is 5.40. The van der Waals surface area contributed by atoms with Gasteiger partial charge in [0, 0.05) is 24.8 Å². The molecule has 0 saturated heterocycles. The van der Waals surface area contributed by atoms with Gasteiger partial charge in [-0.1, -0.05) is 17.7 Å². The lowest BCUT2D eigenvalue weighted by Gasteiger charge is -2.10. The average Bonchev–Trinajstić information content (AvgIpc) is 2.94. The number of nitrogens with one attached hydrogen (secondary N) is 1. The van der Waals surface area contributed by atoms with Crippen molar-refractivity contribution in [1.82, 2.24) is 15.1 Å². The Morgan fingerprint density at radius 1 is 1.38 bits per heavy atom. The number of hydrogen-bond acceptors (Lipinski definition) is 3. The van der Waals surface area contributed by atoms with Gasteiger partial charge in [-0.15, -0.1) is 0 Å². The lowest BCUT2D eigenvalue weighted by Crippen LogP contribution is -2.25. The quantitative estimate of drug-likeness (QED) is 0.770. The van der Waals surface area contributed by atoms with E-state index in [0.717, 1.165) is 0 Å². The van der Waals surface area contributed by atoms with Gasteiger partial charge in [0.25, 0.3) is 5.91 Å². The summed E-state index contributed by atoms with van der Waals surface area (Å²) in [6.07, 6.45) is -0.598. The molecule has 1 aromatic heterocycles. The number of carbonyl (C=O) groups excluding carboxylic acids is 1. The number of benzene rings is 1. The summed E-state index contributed by atoms with van der Waals surface area (Å²) in [4.78, 5) is 12.0. The Morgan fingerprint density at radius 2 is 2.17 bits per heavy atom. The van der Waals surface area contributed by atoms with Crippen LogP contribution in [0.25, 0.3) is 0 Å². The van der Waals surface area contributed by atoms with Crippen LogP contribution in [0.2, 0.25) is 5.02 Å². The second-order valence-electron chi connectivity index (χ2n) is 4.96. The molecule has 0 fully saturated rings. The number of nitrogens with zero attached hydrogens (tertiary/aromatic N) is 2. The van der Waals surface area contributed by atoms with E-state index in [-0.39, 0.29) is 17.2 Å². The Hall–Kier alpha value is -2.22. The van der Waals surface area contributed by atoms with Gasteiger partial charge in [-0.3, -0.25) is 9.48 Å². The number of ether oxygens (including phenoxy) is 1. The highest BCUT2D eigenvalue weighted by molar-refractivity contribution is 6.30. The summed E-state index contributed by atoms with van der Waals surface area (Å²) in [6, 6.07) is 5.60. The number of aromatic nitrogens is 2.